The van der Waals surface area contributed by atoms with Crippen molar-refractivity contribution in [3.8, 4) is 0 Å². The summed E-state index contributed by atoms with van der Waals surface area (Å²) in [6.45, 7) is 2.28. The Kier molecular flexibility index (Phi) is 1.90. The van der Waals surface area contributed by atoms with Crippen molar-refractivity contribution in [2.75, 3.05) is 0 Å². The Balaban J connectivity index is 0.000000405. The van der Waals surface area contributed by atoms with E-state index in [-0.39, 0.29) is 13.5 Å². The average Bonchev–Trinajstić information content (AvgIpc) is 2.23. The maximum atomic E-state index is 2.47. The second-order valence-corrected chi connectivity index (χ2v) is 3.18. The van der Waals surface area contributed by atoms with Crippen molar-refractivity contribution in [3.63, 3.8) is 0 Å². The third kappa shape index (κ3) is 1.03. The zero-order valence-electron chi connectivity index (χ0n) is 5.85. The lowest BCUT2D eigenvalue weighted by atomic mass is 10.0. The van der Waals surface area contributed by atoms with Crippen LogP contribution in [0.1, 0.15) is 26.2 Å². The zero-order valence-corrected chi connectivity index (χ0v) is 6.85. The van der Waals surface area contributed by atoms with Crippen LogP contribution < -0.4 is 0 Å². The van der Waals surface area contributed by atoms with E-state index in [2.05, 4.69) is 13.0 Å². The van der Waals surface area contributed by atoms with Crippen LogP contribution in [0.3, 0.4) is 0 Å². The molecule has 0 amide bonds. The Labute approximate surface area is 63.8 Å². The summed E-state index contributed by atoms with van der Waals surface area (Å²) >= 11 is 0. The Hall–Kier alpha value is 0.0900. The minimum atomic E-state index is 0. The van der Waals surface area contributed by atoms with Gasteiger partial charge in [0.2, 0.25) is 0 Å². The van der Waals surface area contributed by atoms with Gasteiger partial charge in [0, 0.05) is 0 Å². The highest BCUT2D eigenvalue weighted by Crippen LogP contribution is 2.42. The molecule has 2 bridgehead atoms. The lowest BCUT2D eigenvalue weighted by Crippen LogP contribution is -1.91. The van der Waals surface area contributed by atoms with Gasteiger partial charge in [-0.15, -0.1) is 0 Å². The van der Waals surface area contributed by atoms with Gasteiger partial charge in [0.25, 0.3) is 0 Å². The van der Waals surface area contributed by atoms with Crippen LogP contribution in [0.4, 0.5) is 0 Å². The summed E-state index contributed by atoms with van der Waals surface area (Å²) in [4.78, 5) is 0. The number of allylic oxidation sites excluding steroid dienone is 2. The van der Waals surface area contributed by atoms with Crippen molar-refractivity contribution in [2.45, 2.75) is 26.2 Å². The van der Waals surface area contributed by atoms with E-state index in [4.69, 9.17) is 0 Å². The van der Waals surface area contributed by atoms with Crippen LogP contribution in [0.2, 0.25) is 0 Å². The van der Waals surface area contributed by atoms with Crippen molar-refractivity contribution >= 4 is 13.5 Å². The number of rotatable bonds is 0. The summed E-state index contributed by atoms with van der Waals surface area (Å²) in [7, 11) is 0. The Bertz CT molecular complexity index is 138. The molecule has 1 fully saturated rings. The molecule has 0 N–H and O–H groups in total. The number of hydrogen-bond donors (Lipinski definition) is 0. The van der Waals surface area contributed by atoms with Crippen LogP contribution in [0.5, 0.6) is 0 Å². The van der Waals surface area contributed by atoms with E-state index in [1.807, 2.05) is 0 Å². The third-order valence-electron chi connectivity index (χ3n) is 2.62. The molecule has 2 unspecified atom stereocenters. The fourth-order valence-corrected chi connectivity index (χ4v) is 2.09. The fourth-order valence-electron chi connectivity index (χ4n) is 2.09. The molecule has 1 heteroatoms. The highest BCUT2D eigenvalue weighted by Gasteiger charge is 2.29. The molecule has 2 rings (SSSR count). The largest absolute Gasteiger partial charge is 0.197 e. The van der Waals surface area contributed by atoms with E-state index in [1.165, 1.54) is 19.3 Å². The van der Waals surface area contributed by atoms with Crippen LogP contribution >= 0.6 is 13.5 Å². The lowest BCUT2D eigenvalue weighted by molar-refractivity contribution is 0.657. The average molecular weight is 142 g/mol. The van der Waals surface area contributed by atoms with Crippen LogP contribution in [0.15, 0.2) is 11.6 Å². The van der Waals surface area contributed by atoms with Crippen molar-refractivity contribution < 1.29 is 0 Å². The SMILES string of the molecule is CC1=CC2CCC1C2.S. The molecule has 0 nitrogen and oxygen atoms in total. The first-order valence-corrected chi connectivity index (χ1v) is 3.54. The summed E-state index contributed by atoms with van der Waals surface area (Å²) in [6.07, 6.45) is 6.90. The molecule has 0 saturated heterocycles. The fraction of sp³-hybridized carbons (Fsp3) is 0.750. The van der Waals surface area contributed by atoms with Crippen LogP contribution in [0.25, 0.3) is 0 Å². The van der Waals surface area contributed by atoms with Gasteiger partial charge in [-0.05, 0) is 38.0 Å². The molecule has 2 aliphatic rings. The summed E-state index contributed by atoms with van der Waals surface area (Å²) in [5, 5.41) is 0. The van der Waals surface area contributed by atoms with E-state index in [0.29, 0.717) is 0 Å². The molecular formula is C8H14S. The zero-order chi connectivity index (χ0) is 5.56. The molecule has 0 aromatic heterocycles. The Morgan fingerprint density at radius 1 is 1.44 bits per heavy atom. The summed E-state index contributed by atoms with van der Waals surface area (Å²) < 4.78 is 0. The third-order valence-corrected chi connectivity index (χ3v) is 2.62. The Morgan fingerprint density at radius 2 is 2.22 bits per heavy atom. The van der Waals surface area contributed by atoms with Crippen LogP contribution in [0, 0.1) is 11.8 Å². The molecule has 0 aromatic carbocycles. The van der Waals surface area contributed by atoms with Crippen LogP contribution in [-0.4, -0.2) is 0 Å². The molecule has 0 heterocycles. The Morgan fingerprint density at radius 3 is 2.44 bits per heavy atom. The summed E-state index contributed by atoms with van der Waals surface area (Å²) in [5.41, 5.74) is 1.67. The van der Waals surface area contributed by atoms with Crippen molar-refractivity contribution in [1.82, 2.24) is 0 Å². The van der Waals surface area contributed by atoms with Gasteiger partial charge in [-0.1, -0.05) is 11.6 Å². The molecule has 0 radical (unpaired) electrons. The summed E-state index contributed by atoms with van der Waals surface area (Å²) in [6, 6.07) is 0. The van der Waals surface area contributed by atoms with Crippen LogP contribution in [-0.2, 0) is 0 Å². The summed E-state index contributed by atoms with van der Waals surface area (Å²) in [5.74, 6) is 1.99. The second-order valence-electron chi connectivity index (χ2n) is 3.18. The van der Waals surface area contributed by atoms with Crippen molar-refractivity contribution in [1.29, 1.82) is 0 Å². The predicted molar refractivity (Wildman–Crippen MR) is 45.0 cm³/mol. The van der Waals surface area contributed by atoms with Gasteiger partial charge < -0.3 is 0 Å². The molecule has 9 heavy (non-hydrogen) atoms. The first kappa shape index (κ1) is 7.20. The molecule has 2 atom stereocenters. The molecule has 1 saturated carbocycles. The topological polar surface area (TPSA) is 0 Å². The van der Waals surface area contributed by atoms with Crippen molar-refractivity contribution in [2.24, 2.45) is 11.8 Å². The smallest absolute Gasteiger partial charge is 0.0200 e. The van der Waals surface area contributed by atoms with Gasteiger partial charge >= 0.3 is 0 Å². The maximum Gasteiger partial charge on any atom is -0.0200 e. The van der Waals surface area contributed by atoms with Gasteiger partial charge in [-0.25, -0.2) is 0 Å². The molecule has 0 spiro atoms. The van der Waals surface area contributed by atoms with Gasteiger partial charge in [0.05, 0.1) is 0 Å². The highest BCUT2D eigenvalue weighted by molar-refractivity contribution is 7.59. The van der Waals surface area contributed by atoms with Gasteiger partial charge in [-0.3, -0.25) is 0 Å². The predicted octanol–water partition coefficient (Wildman–Crippen LogP) is 2.48. The minimum absolute atomic E-state index is 0. The quantitative estimate of drug-likeness (QED) is 0.456. The van der Waals surface area contributed by atoms with Gasteiger partial charge in [-0.2, -0.15) is 13.5 Å². The molecule has 2 aliphatic carbocycles. The first-order chi connectivity index (χ1) is 3.86. The molecule has 52 valence electrons. The minimum Gasteiger partial charge on any atom is -0.197 e. The van der Waals surface area contributed by atoms with E-state index in [0.717, 1.165) is 11.8 Å². The number of hydrogen-bond acceptors (Lipinski definition) is 0. The maximum absolute atomic E-state index is 2.47. The highest BCUT2D eigenvalue weighted by atomic mass is 32.1. The van der Waals surface area contributed by atoms with E-state index in [9.17, 15) is 0 Å². The molecule has 0 aliphatic heterocycles. The molecule has 0 aromatic rings. The van der Waals surface area contributed by atoms with E-state index in [1.54, 1.807) is 5.57 Å². The second kappa shape index (κ2) is 2.37. The van der Waals surface area contributed by atoms with Crippen molar-refractivity contribution in [3.05, 3.63) is 11.6 Å². The monoisotopic (exact) mass is 142 g/mol. The lowest BCUT2D eigenvalue weighted by Gasteiger charge is -2.05. The first-order valence-electron chi connectivity index (χ1n) is 3.54. The van der Waals surface area contributed by atoms with Gasteiger partial charge in [0.1, 0.15) is 0 Å². The molecular weight excluding hydrogens is 128 g/mol. The van der Waals surface area contributed by atoms with Gasteiger partial charge in [0.15, 0.2) is 0 Å². The standard InChI is InChI=1S/C8H12.H2S/c1-6-4-7-2-3-8(6)5-7;/h4,7-8H,2-3,5H2,1H3;1H2. The number of fused-ring (bicyclic) bond motifs is 2. The normalized spacial score (nSPS) is 38.1. The van der Waals surface area contributed by atoms with E-state index < -0.39 is 0 Å². The van der Waals surface area contributed by atoms with E-state index >= 15 is 0 Å².